The van der Waals surface area contributed by atoms with E-state index in [2.05, 4.69) is 0 Å². The molecule has 0 unspecified atom stereocenters. The number of benzene rings is 1. The van der Waals surface area contributed by atoms with E-state index in [1.807, 2.05) is 6.92 Å². The molecule has 1 aromatic rings. The van der Waals surface area contributed by atoms with Crippen molar-refractivity contribution in [2.45, 2.75) is 58.8 Å². The Labute approximate surface area is 189 Å². The van der Waals surface area contributed by atoms with Crippen LogP contribution < -0.4 is 0 Å². The van der Waals surface area contributed by atoms with Gasteiger partial charge in [-0.1, -0.05) is 0 Å². The van der Waals surface area contributed by atoms with Crippen LogP contribution in [-0.2, 0) is 15.7 Å². The van der Waals surface area contributed by atoms with Crippen molar-refractivity contribution in [3.05, 3.63) is 32.4 Å². The van der Waals surface area contributed by atoms with Crippen LogP contribution in [0.3, 0.4) is 0 Å². The van der Waals surface area contributed by atoms with E-state index in [1.54, 1.807) is 26.0 Å². The van der Waals surface area contributed by atoms with Gasteiger partial charge in [-0.05, 0) is 0 Å². The fraction of sp³-hybridized carbons (Fsp3) is 0.619. The summed E-state index contributed by atoms with van der Waals surface area (Å²) in [5, 5.41) is 0. The molecule has 0 radical (unpaired) electrons. The second kappa shape index (κ2) is 9.02. The third-order valence-electron chi connectivity index (χ3n) is 5.90. The van der Waals surface area contributed by atoms with E-state index >= 15 is 0 Å². The standard InChI is InChI=1S/C21H23F6IO4/c1-10-4-11(2)17(12(3)5-10)28(31-18(29)13-6-15(7-13)20(22,23)24)32-19(30)14-8-16(9-14)21(25,26)27/h4-5,13-16H,6-9H2,1-3H3. The molecule has 2 aliphatic carbocycles. The van der Waals surface area contributed by atoms with Crippen LogP contribution in [0.2, 0.25) is 0 Å². The molecule has 0 spiro atoms. The van der Waals surface area contributed by atoms with Gasteiger partial charge in [0.25, 0.3) is 0 Å². The zero-order valence-corrected chi connectivity index (χ0v) is 19.7. The molecule has 3 rings (SSSR count). The van der Waals surface area contributed by atoms with Gasteiger partial charge in [0.05, 0.1) is 0 Å². The third kappa shape index (κ3) is 5.51. The number of alkyl halides is 6. The first kappa shape index (κ1) is 25.1. The summed E-state index contributed by atoms with van der Waals surface area (Å²) in [6.07, 6.45) is -10.3. The number of hydrogen-bond donors (Lipinski definition) is 0. The summed E-state index contributed by atoms with van der Waals surface area (Å²) in [7, 11) is 0. The van der Waals surface area contributed by atoms with Crippen LogP contribution in [0.5, 0.6) is 0 Å². The molecule has 2 aliphatic rings. The average molecular weight is 580 g/mol. The predicted molar refractivity (Wildman–Crippen MR) is 110 cm³/mol. The molecule has 0 amide bonds. The van der Waals surface area contributed by atoms with Crippen molar-refractivity contribution >= 4 is 32.6 Å². The Morgan fingerprint density at radius 2 is 1.12 bits per heavy atom. The van der Waals surface area contributed by atoms with Crippen LogP contribution in [-0.4, -0.2) is 24.3 Å². The molecular weight excluding hydrogens is 557 g/mol. The molecule has 0 saturated heterocycles. The number of halogens is 7. The molecule has 0 aliphatic heterocycles. The molecule has 180 valence electrons. The van der Waals surface area contributed by atoms with E-state index in [9.17, 15) is 35.9 Å². The molecule has 32 heavy (non-hydrogen) atoms. The summed E-state index contributed by atoms with van der Waals surface area (Å²) in [6.45, 7) is 5.30. The molecule has 0 atom stereocenters. The monoisotopic (exact) mass is 580 g/mol. The number of hydrogen-bond acceptors (Lipinski definition) is 4. The SMILES string of the molecule is Cc1cc(C)c(I(OC(=O)C2CC(C(F)(F)F)C2)OC(=O)C2CC(C(F)(F)F)C2)c(C)c1. The first-order valence-electron chi connectivity index (χ1n) is 10.0. The van der Waals surface area contributed by atoms with E-state index in [-0.39, 0.29) is 25.7 Å². The van der Waals surface area contributed by atoms with Crippen LogP contribution in [0.15, 0.2) is 12.1 Å². The van der Waals surface area contributed by atoms with Gasteiger partial charge in [0.1, 0.15) is 0 Å². The first-order chi connectivity index (χ1) is 14.7. The topological polar surface area (TPSA) is 52.6 Å². The van der Waals surface area contributed by atoms with Crippen LogP contribution >= 0.6 is 20.6 Å². The van der Waals surface area contributed by atoms with Gasteiger partial charge in [-0.2, -0.15) is 0 Å². The van der Waals surface area contributed by atoms with E-state index in [0.717, 1.165) is 5.56 Å². The summed E-state index contributed by atoms with van der Waals surface area (Å²) in [5.74, 6) is -6.73. The Kier molecular flexibility index (Phi) is 7.07. The zero-order chi connectivity index (χ0) is 24.0. The van der Waals surface area contributed by atoms with E-state index in [1.165, 1.54) is 0 Å². The van der Waals surface area contributed by atoms with Crippen LogP contribution in [0.1, 0.15) is 42.4 Å². The first-order valence-corrected chi connectivity index (χ1v) is 12.9. The molecule has 2 fully saturated rings. The molecule has 11 heteroatoms. The summed E-state index contributed by atoms with van der Waals surface area (Å²) < 4.78 is 87.9. The summed E-state index contributed by atoms with van der Waals surface area (Å²) in [4.78, 5) is 25.0. The van der Waals surface area contributed by atoms with Crippen molar-refractivity contribution in [1.29, 1.82) is 0 Å². The van der Waals surface area contributed by atoms with Gasteiger partial charge < -0.3 is 0 Å². The van der Waals surface area contributed by atoms with Gasteiger partial charge in [-0.3, -0.25) is 0 Å². The van der Waals surface area contributed by atoms with Crippen molar-refractivity contribution < 1.29 is 42.1 Å². The number of carbonyl (C=O) groups is 2. The zero-order valence-electron chi connectivity index (χ0n) is 17.6. The number of carbonyl (C=O) groups excluding carboxylic acids is 2. The van der Waals surface area contributed by atoms with Crippen LogP contribution in [0, 0.1) is 48.0 Å². The Bertz CT molecular complexity index is 818. The molecule has 0 heterocycles. The molecular formula is C21H23F6IO4. The van der Waals surface area contributed by atoms with Crippen molar-refractivity contribution in [3.63, 3.8) is 0 Å². The molecule has 2 saturated carbocycles. The van der Waals surface area contributed by atoms with Crippen LogP contribution in [0.25, 0.3) is 0 Å². The van der Waals surface area contributed by atoms with Gasteiger partial charge in [0, 0.05) is 0 Å². The van der Waals surface area contributed by atoms with E-state index in [4.69, 9.17) is 6.13 Å². The second-order valence-corrected chi connectivity index (χ2v) is 11.7. The third-order valence-corrected chi connectivity index (χ3v) is 10.1. The summed E-state index contributed by atoms with van der Waals surface area (Å²) in [5.41, 5.74) is 2.30. The minimum atomic E-state index is -4.38. The maximum absolute atomic E-state index is 12.7. The number of rotatable bonds is 5. The van der Waals surface area contributed by atoms with Gasteiger partial charge in [-0.25, -0.2) is 0 Å². The quantitative estimate of drug-likeness (QED) is 0.300. The normalized spacial score (nSPS) is 26.0. The Balaban J connectivity index is 1.73. The van der Waals surface area contributed by atoms with Crippen molar-refractivity contribution in [3.8, 4) is 0 Å². The molecule has 0 N–H and O–H groups in total. The van der Waals surface area contributed by atoms with Crippen molar-refractivity contribution in [2.24, 2.45) is 23.7 Å². The van der Waals surface area contributed by atoms with Gasteiger partial charge in [0.15, 0.2) is 0 Å². The number of aryl methyl sites for hydroxylation is 3. The minimum absolute atomic E-state index is 0.387. The van der Waals surface area contributed by atoms with Gasteiger partial charge >= 0.3 is 190 Å². The van der Waals surface area contributed by atoms with E-state index in [0.29, 0.717) is 14.7 Å². The summed E-state index contributed by atoms with van der Waals surface area (Å²) in [6, 6.07) is 3.58. The predicted octanol–water partition coefficient (Wildman–Crippen LogP) is 6.38. The fourth-order valence-corrected chi connectivity index (χ4v) is 7.66. The molecule has 0 bridgehead atoms. The van der Waals surface area contributed by atoms with Crippen LogP contribution in [0.4, 0.5) is 26.3 Å². The fourth-order valence-electron chi connectivity index (χ4n) is 3.92. The van der Waals surface area contributed by atoms with Crippen molar-refractivity contribution in [2.75, 3.05) is 0 Å². The Morgan fingerprint density at radius 1 is 0.781 bits per heavy atom. The molecule has 0 aromatic heterocycles. The molecule has 1 aromatic carbocycles. The Hall–Kier alpha value is -1.53. The van der Waals surface area contributed by atoms with Crippen molar-refractivity contribution in [1.82, 2.24) is 0 Å². The van der Waals surface area contributed by atoms with Gasteiger partial charge in [0.2, 0.25) is 0 Å². The maximum atomic E-state index is 12.7. The second-order valence-electron chi connectivity index (χ2n) is 8.54. The Morgan fingerprint density at radius 3 is 1.44 bits per heavy atom. The average Bonchev–Trinajstić information content (AvgIpc) is 2.47. The summed E-state index contributed by atoms with van der Waals surface area (Å²) >= 11 is -3.49. The molecule has 4 nitrogen and oxygen atoms in total. The van der Waals surface area contributed by atoms with E-state index < -0.39 is 68.6 Å². The van der Waals surface area contributed by atoms with Gasteiger partial charge in [-0.15, -0.1) is 0 Å².